The van der Waals surface area contributed by atoms with Crippen molar-refractivity contribution in [2.75, 3.05) is 13.1 Å². The first-order valence-corrected chi connectivity index (χ1v) is 7.93. The Morgan fingerprint density at radius 1 is 1.00 bits per heavy atom. The number of carbonyl (C=O) groups is 4. The molecule has 0 fully saturated rings. The lowest BCUT2D eigenvalue weighted by atomic mass is 9.96. The topological polar surface area (TPSA) is 151 Å². The highest BCUT2D eigenvalue weighted by atomic mass is 16.4. The van der Waals surface area contributed by atoms with E-state index in [0.717, 1.165) is 0 Å². The summed E-state index contributed by atoms with van der Waals surface area (Å²) in [7, 11) is 0. The maximum atomic E-state index is 12.5. The van der Waals surface area contributed by atoms with Crippen LogP contribution in [0, 0.1) is 11.8 Å². The Morgan fingerprint density at radius 3 is 2.00 bits per heavy atom. The van der Waals surface area contributed by atoms with Crippen LogP contribution in [0.15, 0.2) is 0 Å². The van der Waals surface area contributed by atoms with E-state index < -0.39 is 42.3 Å². The summed E-state index contributed by atoms with van der Waals surface area (Å²) in [6.07, 6.45) is 0.639. The second-order valence-corrected chi connectivity index (χ2v) is 5.98. The minimum atomic E-state index is -1.18. The molecule has 9 nitrogen and oxygen atoms in total. The van der Waals surface area contributed by atoms with Gasteiger partial charge < -0.3 is 26.8 Å². The van der Waals surface area contributed by atoms with E-state index in [0.29, 0.717) is 6.42 Å². The third kappa shape index (κ3) is 7.40. The Bertz CT molecular complexity index is 467. The molecule has 0 aromatic rings. The molecule has 0 radical (unpaired) electrons. The molecule has 138 valence electrons. The standard InChI is InChI=1S/C15H28N4O5/c1-5-9(4)13(18-10(20)6-16)15(24)19-12(8(2)3)14(23)17-7-11(21)22/h8-9,12-13H,5-7,16H2,1-4H3,(H,17,23)(H,18,20)(H,19,24)(H,21,22). The summed E-state index contributed by atoms with van der Waals surface area (Å²) in [5.41, 5.74) is 5.26. The zero-order valence-corrected chi connectivity index (χ0v) is 14.6. The van der Waals surface area contributed by atoms with Gasteiger partial charge in [0, 0.05) is 0 Å². The van der Waals surface area contributed by atoms with Gasteiger partial charge in [0.15, 0.2) is 0 Å². The molecule has 3 unspecified atom stereocenters. The van der Waals surface area contributed by atoms with Gasteiger partial charge in [-0.05, 0) is 11.8 Å². The molecule has 0 aliphatic carbocycles. The highest BCUT2D eigenvalue weighted by Gasteiger charge is 2.31. The fourth-order valence-corrected chi connectivity index (χ4v) is 1.98. The highest BCUT2D eigenvalue weighted by molar-refractivity contribution is 5.93. The molecule has 0 spiro atoms. The van der Waals surface area contributed by atoms with Crippen LogP contribution in [-0.4, -0.2) is 54.0 Å². The van der Waals surface area contributed by atoms with E-state index in [2.05, 4.69) is 16.0 Å². The zero-order valence-electron chi connectivity index (χ0n) is 14.6. The van der Waals surface area contributed by atoms with Gasteiger partial charge >= 0.3 is 5.97 Å². The van der Waals surface area contributed by atoms with Crippen molar-refractivity contribution >= 4 is 23.7 Å². The van der Waals surface area contributed by atoms with Crippen LogP contribution in [0.2, 0.25) is 0 Å². The molecule has 0 aliphatic heterocycles. The average Bonchev–Trinajstić information content (AvgIpc) is 2.53. The number of nitrogens with one attached hydrogen (secondary N) is 3. The van der Waals surface area contributed by atoms with Crippen LogP contribution in [0.25, 0.3) is 0 Å². The van der Waals surface area contributed by atoms with Crippen molar-refractivity contribution in [3.8, 4) is 0 Å². The van der Waals surface area contributed by atoms with E-state index in [4.69, 9.17) is 10.8 Å². The van der Waals surface area contributed by atoms with Crippen molar-refractivity contribution in [1.29, 1.82) is 0 Å². The van der Waals surface area contributed by atoms with E-state index in [-0.39, 0.29) is 18.4 Å². The van der Waals surface area contributed by atoms with Crippen LogP contribution in [0.1, 0.15) is 34.1 Å². The molecule has 0 aromatic heterocycles. The molecule has 9 heteroatoms. The molecule has 0 aliphatic rings. The summed E-state index contributed by atoms with van der Waals surface area (Å²) in [4.78, 5) is 46.6. The van der Waals surface area contributed by atoms with Crippen LogP contribution in [0.3, 0.4) is 0 Å². The number of nitrogens with two attached hydrogens (primary N) is 1. The van der Waals surface area contributed by atoms with Crippen LogP contribution < -0.4 is 21.7 Å². The zero-order chi connectivity index (χ0) is 18.9. The summed E-state index contributed by atoms with van der Waals surface area (Å²) < 4.78 is 0. The molecule has 0 heterocycles. The molecule has 0 saturated heterocycles. The van der Waals surface area contributed by atoms with Crippen LogP contribution in [-0.2, 0) is 19.2 Å². The molecule has 6 N–H and O–H groups in total. The van der Waals surface area contributed by atoms with Gasteiger partial charge in [-0.25, -0.2) is 0 Å². The first-order valence-electron chi connectivity index (χ1n) is 7.93. The summed E-state index contributed by atoms with van der Waals surface area (Å²) in [6.45, 7) is 6.35. The van der Waals surface area contributed by atoms with Gasteiger partial charge in [0.25, 0.3) is 0 Å². The van der Waals surface area contributed by atoms with Crippen molar-refractivity contribution in [1.82, 2.24) is 16.0 Å². The van der Waals surface area contributed by atoms with E-state index in [1.54, 1.807) is 20.8 Å². The van der Waals surface area contributed by atoms with Gasteiger partial charge in [0.05, 0.1) is 6.54 Å². The molecule has 0 saturated carbocycles. The van der Waals surface area contributed by atoms with Gasteiger partial charge in [-0.3, -0.25) is 19.2 Å². The van der Waals surface area contributed by atoms with Crippen molar-refractivity contribution in [3.63, 3.8) is 0 Å². The van der Waals surface area contributed by atoms with Crippen molar-refractivity contribution in [2.45, 2.75) is 46.2 Å². The molecule has 24 heavy (non-hydrogen) atoms. The molecular formula is C15H28N4O5. The van der Waals surface area contributed by atoms with Crippen LogP contribution >= 0.6 is 0 Å². The van der Waals surface area contributed by atoms with Crippen molar-refractivity contribution in [3.05, 3.63) is 0 Å². The lowest BCUT2D eigenvalue weighted by Gasteiger charge is -2.27. The lowest BCUT2D eigenvalue weighted by molar-refractivity contribution is -0.139. The second kappa shape index (κ2) is 10.6. The first-order chi connectivity index (χ1) is 11.1. The number of carboxylic acids is 1. The maximum Gasteiger partial charge on any atom is 0.322 e. The van der Waals surface area contributed by atoms with Crippen molar-refractivity contribution < 1.29 is 24.3 Å². The van der Waals surface area contributed by atoms with Crippen molar-refractivity contribution in [2.24, 2.45) is 17.6 Å². The predicted octanol–water partition coefficient (Wildman–Crippen LogP) is -1.18. The maximum absolute atomic E-state index is 12.5. The number of amides is 3. The average molecular weight is 344 g/mol. The van der Waals surface area contributed by atoms with Gasteiger partial charge in [0.2, 0.25) is 17.7 Å². The third-order valence-electron chi connectivity index (χ3n) is 3.66. The molecule has 0 rings (SSSR count). The van der Waals surface area contributed by atoms with Gasteiger partial charge in [-0.2, -0.15) is 0 Å². The Hall–Kier alpha value is -2.16. The van der Waals surface area contributed by atoms with Gasteiger partial charge in [-0.15, -0.1) is 0 Å². The number of carbonyl (C=O) groups excluding carboxylic acids is 3. The smallest absolute Gasteiger partial charge is 0.322 e. The largest absolute Gasteiger partial charge is 0.480 e. The number of hydrogen-bond donors (Lipinski definition) is 5. The number of hydrogen-bond acceptors (Lipinski definition) is 5. The quantitative estimate of drug-likeness (QED) is 0.336. The van der Waals surface area contributed by atoms with Gasteiger partial charge in [0.1, 0.15) is 18.6 Å². The van der Waals surface area contributed by atoms with E-state index in [1.807, 2.05) is 6.92 Å². The summed E-state index contributed by atoms with van der Waals surface area (Å²) in [6, 6.07) is -1.72. The minimum Gasteiger partial charge on any atom is -0.480 e. The first kappa shape index (κ1) is 21.8. The Labute approximate surface area is 141 Å². The Balaban J connectivity index is 5.07. The van der Waals surface area contributed by atoms with Crippen LogP contribution in [0.4, 0.5) is 0 Å². The monoisotopic (exact) mass is 344 g/mol. The molecule has 0 aromatic carbocycles. The molecular weight excluding hydrogens is 316 g/mol. The number of carboxylic acid groups (broad SMARTS) is 1. The van der Waals surface area contributed by atoms with E-state index in [1.165, 1.54) is 0 Å². The molecule has 3 atom stereocenters. The minimum absolute atomic E-state index is 0.157. The van der Waals surface area contributed by atoms with E-state index in [9.17, 15) is 19.2 Å². The molecule has 3 amide bonds. The lowest BCUT2D eigenvalue weighted by Crippen LogP contribution is -2.57. The fourth-order valence-electron chi connectivity index (χ4n) is 1.98. The second-order valence-electron chi connectivity index (χ2n) is 5.98. The third-order valence-corrected chi connectivity index (χ3v) is 3.66. The van der Waals surface area contributed by atoms with Gasteiger partial charge in [-0.1, -0.05) is 34.1 Å². The molecule has 0 bridgehead atoms. The Kier molecular flexibility index (Phi) is 9.63. The SMILES string of the molecule is CCC(C)C(NC(=O)CN)C(=O)NC(C(=O)NCC(=O)O)C(C)C. The summed E-state index contributed by atoms with van der Waals surface area (Å²) >= 11 is 0. The summed E-state index contributed by atoms with van der Waals surface area (Å²) in [5, 5.41) is 16.0. The summed E-state index contributed by atoms with van der Waals surface area (Å²) in [5.74, 6) is -3.15. The fraction of sp³-hybridized carbons (Fsp3) is 0.733. The normalized spacial score (nSPS) is 14.4. The predicted molar refractivity (Wildman–Crippen MR) is 87.9 cm³/mol. The Morgan fingerprint density at radius 2 is 1.58 bits per heavy atom. The van der Waals surface area contributed by atoms with Crippen LogP contribution in [0.5, 0.6) is 0 Å². The highest BCUT2D eigenvalue weighted by Crippen LogP contribution is 2.10. The van der Waals surface area contributed by atoms with E-state index >= 15 is 0 Å². The number of aliphatic carboxylic acids is 1. The number of rotatable bonds is 10.